The molecular formula is C18H22N2O2. The molecule has 1 aromatic heterocycles. The van der Waals surface area contributed by atoms with E-state index in [4.69, 9.17) is 4.74 Å². The molecule has 1 aromatic carbocycles. The monoisotopic (exact) mass is 298 g/mol. The third-order valence-corrected chi connectivity index (χ3v) is 3.54. The Kier molecular flexibility index (Phi) is 5.95. The zero-order chi connectivity index (χ0) is 15.8. The number of ether oxygens (including phenoxy) is 1. The lowest BCUT2D eigenvalue weighted by atomic mass is 10.2. The molecule has 0 saturated heterocycles. The van der Waals surface area contributed by atoms with Crippen molar-refractivity contribution in [3.63, 3.8) is 0 Å². The number of aromatic nitrogens is 1. The number of pyridine rings is 1. The second kappa shape index (κ2) is 8.17. The molecule has 0 fully saturated rings. The van der Waals surface area contributed by atoms with Gasteiger partial charge in [0.05, 0.1) is 0 Å². The Hall–Kier alpha value is -2.36. The van der Waals surface area contributed by atoms with Gasteiger partial charge in [-0.25, -0.2) is 0 Å². The lowest BCUT2D eigenvalue weighted by Crippen LogP contribution is -2.36. The molecule has 0 aliphatic rings. The Morgan fingerprint density at radius 1 is 1.14 bits per heavy atom. The van der Waals surface area contributed by atoms with Crippen LogP contribution in [0.25, 0.3) is 0 Å². The van der Waals surface area contributed by atoms with E-state index in [0.29, 0.717) is 13.1 Å². The highest BCUT2D eigenvalue weighted by Crippen LogP contribution is 2.11. The van der Waals surface area contributed by atoms with Crippen LogP contribution in [0.5, 0.6) is 5.75 Å². The fourth-order valence-electron chi connectivity index (χ4n) is 2.14. The maximum Gasteiger partial charge on any atom is 0.260 e. The molecule has 1 amide bonds. The Bertz CT molecular complexity index is 582. The number of amides is 1. The quantitative estimate of drug-likeness (QED) is 0.789. The van der Waals surface area contributed by atoms with Crippen LogP contribution in [0.15, 0.2) is 48.8 Å². The number of carbonyl (C=O) groups excluding carboxylic acids is 1. The van der Waals surface area contributed by atoms with Crippen molar-refractivity contribution in [1.82, 2.24) is 9.88 Å². The normalized spacial score (nSPS) is 10.3. The summed E-state index contributed by atoms with van der Waals surface area (Å²) in [7, 11) is 0. The van der Waals surface area contributed by atoms with Crippen LogP contribution >= 0.6 is 0 Å². The molecule has 1 heterocycles. The summed E-state index contributed by atoms with van der Waals surface area (Å²) in [6.45, 7) is 5.45. The van der Waals surface area contributed by atoms with E-state index in [1.54, 1.807) is 12.4 Å². The van der Waals surface area contributed by atoms with Gasteiger partial charge in [0.25, 0.3) is 5.91 Å². The average molecular weight is 298 g/mol. The van der Waals surface area contributed by atoms with E-state index >= 15 is 0 Å². The second-order valence-electron chi connectivity index (χ2n) is 5.18. The first-order valence-electron chi connectivity index (χ1n) is 7.55. The number of rotatable bonds is 7. The summed E-state index contributed by atoms with van der Waals surface area (Å²) < 4.78 is 5.56. The third-order valence-electron chi connectivity index (χ3n) is 3.54. The molecule has 22 heavy (non-hydrogen) atoms. The molecule has 2 rings (SSSR count). The van der Waals surface area contributed by atoms with Crippen LogP contribution in [-0.4, -0.2) is 35.5 Å². The first-order chi connectivity index (χ1) is 10.7. The molecule has 0 saturated carbocycles. The Morgan fingerprint density at radius 2 is 1.82 bits per heavy atom. The van der Waals surface area contributed by atoms with Gasteiger partial charge in [-0.15, -0.1) is 0 Å². The smallest absolute Gasteiger partial charge is 0.260 e. The average Bonchev–Trinajstić information content (AvgIpc) is 2.56. The summed E-state index contributed by atoms with van der Waals surface area (Å²) in [5, 5.41) is 0. The number of aryl methyl sites for hydroxylation is 1. The number of hydrogen-bond donors (Lipinski definition) is 0. The molecule has 116 valence electrons. The molecule has 4 nitrogen and oxygen atoms in total. The molecule has 4 heteroatoms. The fraction of sp³-hybridized carbons (Fsp3) is 0.333. The highest BCUT2D eigenvalue weighted by molar-refractivity contribution is 5.77. The fourth-order valence-corrected chi connectivity index (χ4v) is 2.14. The van der Waals surface area contributed by atoms with Crippen LogP contribution in [0.1, 0.15) is 18.1 Å². The van der Waals surface area contributed by atoms with Crippen molar-refractivity contribution in [2.45, 2.75) is 20.3 Å². The lowest BCUT2D eigenvalue weighted by molar-refractivity contribution is -0.133. The van der Waals surface area contributed by atoms with E-state index in [-0.39, 0.29) is 12.5 Å². The van der Waals surface area contributed by atoms with E-state index in [1.165, 1.54) is 11.1 Å². The molecular weight excluding hydrogens is 276 g/mol. The minimum Gasteiger partial charge on any atom is -0.484 e. The van der Waals surface area contributed by atoms with E-state index in [0.717, 1.165) is 12.2 Å². The van der Waals surface area contributed by atoms with Gasteiger partial charge in [-0.05, 0) is 50.1 Å². The van der Waals surface area contributed by atoms with Gasteiger partial charge in [0.1, 0.15) is 5.75 Å². The van der Waals surface area contributed by atoms with Crippen molar-refractivity contribution in [3.05, 3.63) is 59.9 Å². The summed E-state index contributed by atoms with van der Waals surface area (Å²) in [4.78, 5) is 18.0. The Labute approximate surface area is 131 Å². The minimum atomic E-state index is 0.0112. The molecule has 0 N–H and O–H groups in total. The van der Waals surface area contributed by atoms with Crippen LogP contribution < -0.4 is 4.74 Å². The zero-order valence-corrected chi connectivity index (χ0v) is 13.2. The number of likely N-dealkylation sites (N-methyl/N-ethyl adjacent to an activating group) is 1. The third kappa shape index (κ3) is 4.88. The lowest BCUT2D eigenvalue weighted by Gasteiger charge is -2.21. The van der Waals surface area contributed by atoms with Gasteiger partial charge in [0, 0.05) is 25.5 Å². The van der Waals surface area contributed by atoms with E-state index in [1.807, 2.05) is 55.1 Å². The van der Waals surface area contributed by atoms with Crippen LogP contribution in [0.3, 0.4) is 0 Å². The van der Waals surface area contributed by atoms with Crippen molar-refractivity contribution in [3.8, 4) is 5.75 Å². The molecule has 0 unspecified atom stereocenters. The van der Waals surface area contributed by atoms with Gasteiger partial charge in [-0.2, -0.15) is 0 Å². The molecule has 0 spiro atoms. The number of carbonyl (C=O) groups is 1. The summed E-state index contributed by atoms with van der Waals surface area (Å²) in [5.41, 5.74) is 2.35. The summed E-state index contributed by atoms with van der Waals surface area (Å²) >= 11 is 0. The van der Waals surface area contributed by atoms with E-state index < -0.39 is 0 Å². The molecule has 2 aromatic rings. The van der Waals surface area contributed by atoms with Crippen molar-refractivity contribution in [2.75, 3.05) is 19.7 Å². The number of nitrogens with zero attached hydrogens (tertiary/aromatic N) is 2. The van der Waals surface area contributed by atoms with E-state index in [9.17, 15) is 4.79 Å². The summed E-state index contributed by atoms with van der Waals surface area (Å²) in [6, 6.07) is 11.7. The maximum absolute atomic E-state index is 12.2. The summed E-state index contributed by atoms with van der Waals surface area (Å²) in [6.07, 6.45) is 4.37. The minimum absolute atomic E-state index is 0.0112. The Morgan fingerprint density at radius 3 is 2.45 bits per heavy atom. The molecule has 0 aliphatic heterocycles. The molecule has 0 atom stereocenters. The van der Waals surface area contributed by atoms with Crippen LogP contribution in [0.4, 0.5) is 0 Å². The molecule has 0 radical (unpaired) electrons. The highest BCUT2D eigenvalue weighted by atomic mass is 16.5. The topological polar surface area (TPSA) is 42.4 Å². The van der Waals surface area contributed by atoms with Gasteiger partial charge in [-0.3, -0.25) is 9.78 Å². The van der Waals surface area contributed by atoms with Gasteiger partial charge < -0.3 is 9.64 Å². The van der Waals surface area contributed by atoms with Crippen molar-refractivity contribution < 1.29 is 9.53 Å². The number of hydrogen-bond acceptors (Lipinski definition) is 3. The Balaban J connectivity index is 1.82. The first kappa shape index (κ1) is 16.0. The highest BCUT2D eigenvalue weighted by Gasteiger charge is 2.12. The van der Waals surface area contributed by atoms with E-state index in [2.05, 4.69) is 4.98 Å². The summed E-state index contributed by atoms with van der Waals surface area (Å²) in [5.74, 6) is 0.737. The molecule has 0 aliphatic carbocycles. The van der Waals surface area contributed by atoms with Gasteiger partial charge in [0.15, 0.2) is 6.61 Å². The number of benzene rings is 1. The van der Waals surface area contributed by atoms with Crippen molar-refractivity contribution >= 4 is 5.91 Å². The second-order valence-corrected chi connectivity index (χ2v) is 5.18. The van der Waals surface area contributed by atoms with Crippen LogP contribution in [0.2, 0.25) is 0 Å². The predicted octanol–water partition coefficient (Wildman–Crippen LogP) is 2.86. The zero-order valence-electron chi connectivity index (χ0n) is 13.2. The molecule has 0 bridgehead atoms. The van der Waals surface area contributed by atoms with Gasteiger partial charge in [-0.1, -0.05) is 17.7 Å². The van der Waals surface area contributed by atoms with Crippen LogP contribution in [-0.2, 0) is 11.2 Å². The maximum atomic E-state index is 12.2. The first-order valence-corrected chi connectivity index (χ1v) is 7.55. The predicted molar refractivity (Wildman–Crippen MR) is 86.9 cm³/mol. The standard InChI is InChI=1S/C18H22N2O2/c1-3-20(13-10-16-8-11-19-12-9-16)18(21)14-22-17-6-4-15(2)5-7-17/h4-9,11-12H,3,10,13-14H2,1-2H3. The van der Waals surface area contributed by atoms with Crippen LogP contribution in [0, 0.1) is 6.92 Å². The van der Waals surface area contributed by atoms with Gasteiger partial charge >= 0.3 is 0 Å². The largest absolute Gasteiger partial charge is 0.484 e. The SMILES string of the molecule is CCN(CCc1ccncc1)C(=O)COc1ccc(C)cc1. The van der Waals surface area contributed by atoms with Crippen molar-refractivity contribution in [1.29, 1.82) is 0 Å². The van der Waals surface area contributed by atoms with Gasteiger partial charge in [0.2, 0.25) is 0 Å². The van der Waals surface area contributed by atoms with Crippen molar-refractivity contribution in [2.24, 2.45) is 0 Å².